The number of halogens is 1. The largest absolute Gasteiger partial charge is 0.399 e. The Kier molecular flexibility index (Phi) is 3.55. The molecule has 1 fully saturated rings. The van der Waals surface area contributed by atoms with Crippen LogP contribution in [0, 0.1) is 17.7 Å². The second kappa shape index (κ2) is 4.96. The zero-order chi connectivity index (χ0) is 13.3. The number of anilines is 1. The number of carbonyl (C=O) groups is 1. The summed E-state index contributed by atoms with van der Waals surface area (Å²) in [4.78, 5) is 14.1. The summed E-state index contributed by atoms with van der Waals surface area (Å²) in [6.07, 6.45) is 1.13. The molecule has 0 bridgehead atoms. The molecule has 1 amide bonds. The van der Waals surface area contributed by atoms with E-state index in [1.165, 1.54) is 18.2 Å². The van der Waals surface area contributed by atoms with E-state index in [0.29, 0.717) is 17.4 Å². The quantitative estimate of drug-likeness (QED) is 0.778. The number of likely N-dealkylation sites (tertiary alicyclic amines) is 1. The van der Waals surface area contributed by atoms with Gasteiger partial charge in [0.05, 0.1) is 0 Å². The fourth-order valence-electron chi connectivity index (χ4n) is 2.75. The zero-order valence-electron chi connectivity index (χ0n) is 10.8. The van der Waals surface area contributed by atoms with Crippen molar-refractivity contribution in [3.05, 3.63) is 29.6 Å². The van der Waals surface area contributed by atoms with Crippen LogP contribution < -0.4 is 5.73 Å². The molecule has 0 saturated carbocycles. The molecule has 0 aliphatic carbocycles. The molecule has 1 aliphatic rings. The highest BCUT2D eigenvalue weighted by molar-refractivity contribution is 5.95. The minimum atomic E-state index is -0.462. The van der Waals surface area contributed by atoms with Crippen LogP contribution in [0.4, 0.5) is 10.1 Å². The molecule has 1 aromatic rings. The van der Waals surface area contributed by atoms with Gasteiger partial charge in [0.1, 0.15) is 5.82 Å². The number of hydrogen-bond donors (Lipinski definition) is 1. The molecule has 2 atom stereocenters. The number of benzene rings is 1. The Hall–Kier alpha value is -1.58. The first-order valence-corrected chi connectivity index (χ1v) is 6.31. The van der Waals surface area contributed by atoms with Crippen LogP contribution in [0.25, 0.3) is 0 Å². The van der Waals surface area contributed by atoms with Crippen molar-refractivity contribution in [2.24, 2.45) is 11.8 Å². The van der Waals surface area contributed by atoms with Gasteiger partial charge in [-0.05, 0) is 36.5 Å². The molecule has 1 aliphatic heterocycles. The SMILES string of the molecule is CC1CC(C)CN(C(=O)c2cc(N)cc(F)c2)C1. The highest BCUT2D eigenvalue weighted by atomic mass is 19.1. The fraction of sp³-hybridized carbons (Fsp3) is 0.500. The topological polar surface area (TPSA) is 46.3 Å². The van der Waals surface area contributed by atoms with Crippen molar-refractivity contribution in [1.82, 2.24) is 4.90 Å². The molecule has 2 rings (SSSR count). The third-order valence-corrected chi connectivity index (χ3v) is 3.32. The van der Waals surface area contributed by atoms with Gasteiger partial charge in [0.15, 0.2) is 0 Å². The Morgan fingerprint density at radius 1 is 1.28 bits per heavy atom. The molecule has 2 N–H and O–H groups in total. The fourth-order valence-corrected chi connectivity index (χ4v) is 2.75. The van der Waals surface area contributed by atoms with Crippen molar-refractivity contribution >= 4 is 11.6 Å². The van der Waals surface area contributed by atoms with E-state index in [1.54, 1.807) is 4.90 Å². The predicted molar refractivity (Wildman–Crippen MR) is 69.7 cm³/mol. The first kappa shape index (κ1) is 12.9. The molecule has 0 aromatic heterocycles. The summed E-state index contributed by atoms with van der Waals surface area (Å²) in [5, 5.41) is 0. The van der Waals surface area contributed by atoms with Crippen molar-refractivity contribution in [1.29, 1.82) is 0 Å². The molecular formula is C14H19FN2O. The summed E-state index contributed by atoms with van der Waals surface area (Å²) in [5.41, 5.74) is 6.20. The molecule has 0 spiro atoms. The van der Waals surface area contributed by atoms with E-state index in [0.717, 1.165) is 19.5 Å². The van der Waals surface area contributed by atoms with Gasteiger partial charge in [-0.25, -0.2) is 4.39 Å². The number of amides is 1. The van der Waals surface area contributed by atoms with E-state index >= 15 is 0 Å². The zero-order valence-corrected chi connectivity index (χ0v) is 10.8. The van der Waals surface area contributed by atoms with Gasteiger partial charge in [-0.3, -0.25) is 4.79 Å². The summed E-state index contributed by atoms with van der Waals surface area (Å²) in [6.45, 7) is 5.74. The Balaban J connectivity index is 2.20. The van der Waals surface area contributed by atoms with Crippen molar-refractivity contribution in [3.8, 4) is 0 Å². The van der Waals surface area contributed by atoms with E-state index in [-0.39, 0.29) is 11.6 Å². The molecule has 0 radical (unpaired) electrons. The lowest BCUT2D eigenvalue weighted by Crippen LogP contribution is -2.42. The Bertz CT molecular complexity index is 431. The predicted octanol–water partition coefficient (Wildman–Crippen LogP) is 2.53. The van der Waals surface area contributed by atoms with E-state index in [4.69, 9.17) is 5.73 Å². The normalized spacial score (nSPS) is 24.1. The van der Waals surface area contributed by atoms with E-state index in [1.807, 2.05) is 0 Å². The van der Waals surface area contributed by atoms with E-state index < -0.39 is 5.82 Å². The minimum absolute atomic E-state index is 0.125. The van der Waals surface area contributed by atoms with Crippen molar-refractivity contribution in [2.45, 2.75) is 20.3 Å². The van der Waals surface area contributed by atoms with Crippen LogP contribution in [0.2, 0.25) is 0 Å². The van der Waals surface area contributed by atoms with Crippen LogP contribution >= 0.6 is 0 Å². The van der Waals surface area contributed by atoms with Gasteiger partial charge >= 0.3 is 0 Å². The monoisotopic (exact) mass is 250 g/mol. The first-order valence-electron chi connectivity index (χ1n) is 6.31. The summed E-state index contributed by atoms with van der Waals surface area (Å²) >= 11 is 0. The lowest BCUT2D eigenvalue weighted by atomic mass is 9.91. The maximum absolute atomic E-state index is 13.3. The third kappa shape index (κ3) is 2.81. The van der Waals surface area contributed by atoms with Crippen LogP contribution in [0.3, 0.4) is 0 Å². The second-order valence-corrected chi connectivity index (χ2v) is 5.43. The molecule has 98 valence electrons. The van der Waals surface area contributed by atoms with E-state index in [9.17, 15) is 9.18 Å². The van der Waals surface area contributed by atoms with Gasteiger partial charge in [-0.15, -0.1) is 0 Å². The minimum Gasteiger partial charge on any atom is -0.399 e. The number of rotatable bonds is 1. The van der Waals surface area contributed by atoms with Gasteiger partial charge in [-0.2, -0.15) is 0 Å². The van der Waals surface area contributed by atoms with Crippen LogP contribution in [0.1, 0.15) is 30.6 Å². The third-order valence-electron chi connectivity index (χ3n) is 3.32. The molecule has 1 aromatic carbocycles. The Labute approximate surface area is 107 Å². The van der Waals surface area contributed by atoms with Gasteiger partial charge in [0.2, 0.25) is 0 Å². The summed E-state index contributed by atoms with van der Waals surface area (Å²) in [7, 11) is 0. The average molecular weight is 250 g/mol. The van der Waals surface area contributed by atoms with Gasteiger partial charge < -0.3 is 10.6 Å². The second-order valence-electron chi connectivity index (χ2n) is 5.43. The van der Waals surface area contributed by atoms with Crippen LogP contribution in [-0.2, 0) is 0 Å². The Morgan fingerprint density at radius 2 is 1.89 bits per heavy atom. The van der Waals surface area contributed by atoms with E-state index in [2.05, 4.69) is 13.8 Å². The van der Waals surface area contributed by atoms with Gasteiger partial charge in [-0.1, -0.05) is 13.8 Å². The first-order chi connectivity index (χ1) is 8.45. The lowest BCUT2D eigenvalue weighted by molar-refractivity contribution is 0.0622. The average Bonchev–Trinajstić information content (AvgIpc) is 2.25. The van der Waals surface area contributed by atoms with Crippen molar-refractivity contribution in [2.75, 3.05) is 18.8 Å². The number of nitrogens with two attached hydrogens (primary N) is 1. The summed E-state index contributed by atoms with van der Waals surface area (Å²) < 4.78 is 13.3. The van der Waals surface area contributed by atoms with Gasteiger partial charge in [0.25, 0.3) is 5.91 Å². The summed E-state index contributed by atoms with van der Waals surface area (Å²) in [6, 6.07) is 4.01. The summed E-state index contributed by atoms with van der Waals surface area (Å²) in [5.74, 6) is 0.392. The molecular weight excluding hydrogens is 231 g/mol. The highest BCUT2D eigenvalue weighted by Gasteiger charge is 2.26. The van der Waals surface area contributed by atoms with Crippen LogP contribution in [-0.4, -0.2) is 23.9 Å². The van der Waals surface area contributed by atoms with Crippen molar-refractivity contribution in [3.63, 3.8) is 0 Å². The lowest BCUT2D eigenvalue weighted by Gasteiger charge is -2.35. The molecule has 1 saturated heterocycles. The number of carbonyl (C=O) groups excluding carboxylic acids is 1. The number of nitrogen functional groups attached to an aromatic ring is 1. The molecule has 1 heterocycles. The maximum atomic E-state index is 13.3. The standard InChI is InChI=1S/C14H19FN2O/c1-9-3-10(2)8-17(7-9)14(18)11-4-12(15)6-13(16)5-11/h4-6,9-10H,3,7-8,16H2,1-2H3. The molecule has 18 heavy (non-hydrogen) atoms. The van der Waals surface area contributed by atoms with Gasteiger partial charge in [0, 0.05) is 24.3 Å². The van der Waals surface area contributed by atoms with Crippen LogP contribution in [0.15, 0.2) is 18.2 Å². The maximum Gasteiger partial charge on any atom is 0.254 e. The molecule has 4 heteroatoms. The smallest absolute Gasteiger partial charge is 0.254 e. The number of nitrogens with zero attached hydrogens (tertiary/aromatic N) is 1. The highest BCUT2D eigenvalue weighted by Crippen LogP contribution is 2.23. The number of piperidine rings is 1. The number of hydrogen-bond acceptors (Lipinski definition) is 2. The Morgan fingerprint density at radius 3 is 2.44 bits per heavy atom. The van der Waals surface area contributed by atoms with Crippen LogP contribution in [0.5, 0.6) is 0 Å². The molecule has 3 nitrogen and oxygen atoms in total. The van der Waals surface area contributed by atoms with Crippen molar-refractivity contribution < 1.29 is 9.18 Å². The molecule has 2 unspecified atom stereocenters.